The number of fused-ring (bicyclic) bond motifs is 4. The quantitative estimate of drug-likeness (QED) is 0.186. The molecule has 2 aliphatic carbocycles. The summed E-state index contributed by atoms with van der Waals surface area (Å²) in [6, 6.07) is 43.1. The maximum absolute atomic E-state index is 4.24. The Kier molecular flexibility index (Phi) is 25.1. The molecule has 0 saturated carbocycles. The molecule has 6 aromatic carbocycles. The van der Waals surface area contributed by atoms with Crippen LogP contribution in [0.3, 0.4) is 0 Å². The number of benzene rings is 4. The molecule has 0 atom stereocenters. The zero-order chi connectivity index (χ0) is 39.0. The van der Waals surface area contributed by atoms with Crippen molar-refractivity contribution in [2.24, 2.45) is 9.98 Å². The second-order valence-electron chi connectivity index (χ2n) is 15.0. The Balaban J connectivity index is 0.000000404. The Morgan fingerprint density at radius 2 is 0.984 bits per heavy atom. The molecule has 0 radical (unpaired) electrons. The molecule has 10 heteroatoms. The molecule has 0 unspecified atom stereocenters. The molecule has 0 N–H and O–H groups in total. The smallest absolute Gasteiger partial charge is 1.00 e. The van der Waals surface area contributed by atoms with E-state index in [0.717, 1.165) is 5.70 Å². The van der Waals surface area contributed by atoms with E-state index in [-0.39, 0.29) is 119 Å². The van der Waals surface area contributed by atoms with Crippen molar-refractivity contribution < 1.29 is 102 Å². The Bertz CT molecular complexity index is 2550. The van der Waals surface area contributed by atoms with Gasteiger partial charge in [-0.2, -0.15) is 12.1 Å². The van der Waals surface area contributed by atoms with Gasteiger partial charge in [-0.3, -0.25) is 9.98 Å². The summed E-state index contributed by atoms with van der Waals surface area (Å²) in [5.74, 6) is 0. The van der Waals surface area contributed by atoms with Gasteiger partial charge in [0.2, 0.25) is 0 Å². The Hall–Kier alpha value is -3.02. The molecule has 0 saturated heterocycles. The van der Waals surface area contributed by atoms with Gasteiger partial charge in [0.05, 0.1) is 5.70 Å². The molecule has 0 aromatic heterocycles. The van der Waals surface area contributed by atoms with E-state index >= 15 is 0 Å². The molecule has 0 spiro atoms. The largest absolute Gasteiger partial charge is 4.00 e. The Morgan fingerprint density at radius 3 is 1.44 bits per heavy atom. The molecule has 2 aliphatic heterocycles. The zero-order valence-electron chi connectivity index (χ0n) is 35.7. The van der Waals surface area contributed by atoms with Crippen molar-refractivity contribution in [3.8, 4) is 22.3 Å². The fourth-order valence-corrected chi connectivity index (χ4v) is 8.98. The first-order valence-electron chi connectivity index (χ1n) is 19.3. The minimum Gasteiger partial charge on any atom is -1.00 e. The molecular weight excluding hydrogens is 1030 g/mol. The van der Waals surface area contributed by atoms with Crippen molar-refractivity contribution >= 4 is 62.1 Å². The Morgan fingerprint density at radius 1 is 0.516 bits per heavy atom. The van der Waals surface area contributed by atoms with Crippen molar-refractivity contribution in [2.75, 3.05) is 0 Å². The number of hydrogen-bond donors (Lipinski definition) is 0. The molecule has 4 aliphatic rings. The van der Waals surface area contributed by atoms with Crippen LogP contribution < -0.4 is 49.6 Å². The maximum atomic E-state index is 4.24. The van der Waals surface area contributed by atoms with E-state index in [4.69, 9.17) is 0 Å². The third-order valence-electron chi connectivity index (χ3n) is 9.66. The second kappa shape index (κ2) is 27.3. The van der Waals surface area contributed by atoms with Crippen LogP contribution in [0, 0.1) is 13.8 Å². The topological polar surface area (TPSA) is 24.7 Å². The molecule has 62 heavy (non-hydrogen) atoms. The van der Waals surface area contributed by atoms with Crippen LogP contribution in [0.4, 0.5) is 0 Å². The van der Waals surface area contributed by atoms with Crippen LogP contribution in [0.25, 0.3) is 43.8 Å². The molecule has 10 rings (SSSR count). The van der Waals surface area contributed by atoms with Crippen LogP contribution in [-0.4, -0.2) is 40.6 Å². The van der Waals surface area contributed by atoms with Crippen LogP contribution in [0.15, 0.2) is 201 Å². The maximum Gasteiger partial charge on any atom is 4.00 e. The summed E-state index contributed by atoms with van der Waals surface area (Å²) in [5, 5.41) is 5.37. The predicted octanol–water partition coefficient (Wildman–Crippen LogP) is 0.998. The Labute approximate surface area is 434 Å². The van der Waals surface area contributed by atoms with Crippen LogP contribution in [-0.2, 0) is 52.4 Å². The molecule has 0 amide bonds. The van der Waals surface area contributed by atoms with Gasteiger partial charge in [-0.15, -0.1) is 69.1 Å². The van der Waals surface area contributed by atoms with Gasteiger partial charge in [0.25, 0.3) is 0 Å². The molecular formula is C52H48Cl4N2Si2Zr2+2. The molecule has 2 nitrogen and oxygen atoms in total. The molecule has 6 aromatic rings. The van der Waals surface area contributed by atoms with Gasteiger partial charge >= 0.3 is 52.4 Å². The van der Waals surface area contributed by atoms with Gasteiger partial charge in [0, 0.05) is 52.2 Å². The first kappa shape index (κ1) is 57.0. The van der Waals surface area contributed by atoms with Gasteiger partial charge < -0.3 is 49.6 Å². The number of hydrogen-bond acceptors (Lipinski definition) is 2. The van der Waals surface area contributed by atoms with Gasteiger partial charge in [-0.1, -0.05) is 135 Å². The normalized spacial score (nSPS) is 12.7. The third-order valence-corrected chi connectivity index (χ3v) is 11.5. The SMILES string of the molecule is C[Si](C)=CC1=CC2=CC=NC2=C1.C[Si](C)=CC1=CC2=CN=CC2=C1.Cc1cc2c(-c3ccccc3)cccc2[cH-]1.Cc1cc2c(-c3ccccc3)cccc2[cH-]1.[Cl-].[Cl-].[Cl-].[Cl-].[Zr+4].[Zr+4]. The summed E-state index contributed by atoms with van der Waals surface area (Å²) in [7, 11) is -0.522. The van der Waals surface area contributed by atoms with E-state index in [0.29, 0.717) is 0 Å². The van der Waals surface area contributed by atoms with Gasteiger partial charge in [0.1, 0.15) is 0 Å². The standard InChI is InChI=1S/2C16H13.2C10H11NSi.4ClH.2Zr/c2*1-12-10-14-8-5-9-15(16(14)11-12)13-6-3-2-4-7-13;1-12(2)7-8-3-9-5-11-6-10(9)4-8;1-12(2)7-8-5-9-3-4-11-10(9)6-8;;;;;;/h2*2-11H,1H3;2*3-7H,1-2H3;4*1H;;/q2*-1;;;;;;;2*+4/p-4. The monoisotopic (exact) mass is 1080 g/mol. The molecule has 308 valence electrons. The minimum atomic E-state index is -0.265. The fraction of sp³-hybridized carbons (Fsp3) is 0.115. The van der Waals surface area contributed by atoms with E-state index in [9.17, 15) is 0 Å². The first-order valence-corrected chi connectivity index (χ1v) is 24.4. The van der Waals surface area contributed by atoms with Crippen LogP contribution in [0.2, 0.25) is 26.2 Å². The van der Waals surface area contributed by atoms with Crippen LogP contribution >= 0.6 is 0 Å². The van der Waals surface area contributed by atoms with Crippen molar-refractivity contribution in [3.63, 3.8) is 0 Å². The van der Waals surface area contributed by atoms with E-state index in [2.05, 4.69) is 213 Å². The number of nitrogens with zero attached hydrogens (tertiary/aromatic N) is 2. The predicted molar refractivity (Wildman–Crippen MR) is 252 cm³/mol. The summed E-state index contributed by atoms with van der Waals surface area (Å²) in [4.78, 5) is 8.31. The number of aliphatic imine (C=N–C) groups is 2. The van der Waals surface area contributed by atoms with Crippen LogP contribution in [0.1, 0.15) is 11.1 Å². The van der Waals surface area contributed by atoms with Crippen molar-refractivity contribution in [1.82, 2.24) is 0 Å². The van der Waals surface area contributed by atoms with Gasteiger partial charge in [-0.25, -0.2) is 0 Å². The van der Waals surface area contributed by atoms with E-state index in [1.807, 2.05) is 18.6 Å². The molecule has 0 bridgehead atoms. The second-order valence-corrected chi connectivity index (χ2v) is 19.9. The number of halogens is 4. The van der Waals surface area contributed by atoms with Crippen molar-refractivity contribution in [2.45, 2.75) is 40.0 Å². The van der Waals surface area contributed by atoms with Gasteiger partial charge in [-0.05, 0) is 52.7 Å². The summed E-state index contributed by atoms with van der Waals surface area (Å²) < 4.78 is 0. The zero-order valence-corrected chi connectivity index (χ0v) is 45.7. The first-order chi connectivity index (χ1) is 27.2. The minimum absolute atomic E-state index is 0. The molecule has 0 fully saturated rings. The van der Waals surface area contributed by atoms with Crippen molar-refractivity contribution in [1.29, 1.82) is 0 Å². The van der Waals surface area contributed by atoms with E-state index in [1.165, 1.54) is 82.8 Å². The number of rotatable bonds is 4. The third kappa shape index (κ3) is 15.0. The van der Waals surface area contributed by atoms with E-state index in [1.54, 1.807) is 0 Å². The van der Waals surface area contributed by atoms with Crippen molar-refractivity contribution in [3.05, 3.63) is 203 Å². The fourth-order valence-electron chi connectivity index (χ4n) is 7.31. The summed E-state index contributed by atoms with van der Waals surface area (Å²) >= 11 is 0. The summed E-state index contributed by atoms with van der Waals surface area (Å²) in [6.45, 7) is 13.5. The number of allylic oxidation sites excluding steroid dienone is 9. The summed E-state index contributed by atoms with van der Waals surface area (Å²) in [5.41, 5.74) is 20.2. The average Bonchev–Trinajstić information content (AvgIpc) is 4.03. The van der Waals surface area contributed by atoms with E-state index < -0.39 is 0 Å². The number of aryl methyl sites for hydroxylation is 2. The summed E-state index contributed by atoms with van der Waals surface area (Å²) in [6.07, 6.45) is 16.5. The van der Waals surface area contributed by atoms with Gasteiger partial charge in [0.15, 0.2) is 0 Å². The molecule has 2 heterocycles. The average molecular weight is 1080 g/mol. The van der Waals surface area contributed by atoms with Crippen LogP contribution in [0.5, 0.6) is 0 Å².